The molecule has 120 valence electrons. The molecule has 0 radical (unpaired) electrons. The first-order valence-electron chi connectivity index (χ1n) is 8.36. The molecule has 5 rings (SSSR count). The van der Waals surface area contributed by atoms with Crippen LogP contribution >= 0.6 is 0 Å². The van der Waals surface area contributed by atoms with Gasteiger partial charge in [0.15, 0.2) is 5.71 Å². The molecule has 2 aliphatic rings. The summed E-state index contributed by atoms with van der Waals surface area (Å²) in [7, 11) is 0. The third kappa shape index (κ3) is 2.18. The van der Waals surface area contributed by atoms with Gasteiger partial charge in [-0.2, -0.15) is 5.10 Å². The van der Waals surface area contributed by atoms with Gasteiger partial charge in [0.05, 0.1) is 11.9 Å². The third-order valence-corrected chi connectivity index (χ3v) is 4.91. The molecule has 0 saturated heterocycles. The van der Waals surface area contributed by atoms with E-state index < -0.39 is 0 Å². The van der Waals surface area contributed by atoms with Gasteiger partial charge in [0.25, 0.3) is 5.91 Å². The topological polar surface area (TPSA) is 53.8 Å². The van der Waals surface area contributed by atoms with Crippen molar-refractivity contribution in [2.75, 3.05) is 5.32 Å². The van der Waals surface area contributed by atoms with Crippen LogP contribution in [0.3, 0.4) is 0 Å². The molecule has 0 saturated carbocycles. The van der Waals surface area contributed by atoms with Crippen molar-refractivity contribution in [1.82, 2.24) is 0 Å². The Labute approximate surface area is 144 Å². The minimum atomic E-state index is -0.209. The van der Waals surface area contributed by atoms with Gasteiger partial charge in [-0.15, -0.1) is 5.10 Å². The molecule has 0 aromatic heterocycles. The molecule has 3 aromatic rings. The minimum absolute atomic E-state index is 0.209. The van der Waals surface area contributed by atoms with E-state index in [4.69, 9.17) is 0 Å². The molecule has 1 N–H and O–H groups in total. The molecule has 4 heteroatoms. The molecule has 0 fully saturated rings. The van der Waals surface area contributed by atoms with Crippen LogP contribution in [-0.4, -0.2) is 17.8 Å². The van der Waals surface area contributed by atoms with E-state index in [9.17, 15) is 4.79 Å². The number of carbonyl (C=O) groups excluding carboxylic acids is 1. The molecule has 0 atom stereocenters. The fraction of sp³-hybridized carbons (Fsp3) is 0.0952. The number of rotatable bonds is 2. The standard InChI is InChI=1S/C21H15N3O/c25-21-20(17-5-1-2-7-18(17)23-21)24-22-12-15-11-10-14-9-8-13-4-3-6-16(15)19(13)14/h1-7,10-12H,8-9H2,(H,23,24,25)/b22-12+. The summed E-state index contributed by atoms with van der Waals surface area (Å²) < 4.78 is 0. The number of hydrogen-bond donors (Lipinski definition) is 1. The predicted molar refractivity (Wildman–Crippen MR) is 101 cm³/mol. The lowest BCUT2D eigenvalue weighted by molar-refractivity contribution is -0.110. The summed E-state index contributed by atoms with van der Waals surface area (Å²) in [6, 6.07) is 18.2. The van der Waals surface area contributed by atoms with Crippen LogP contribution in [0.5, 0.6) is 0 Å². The summed E-state index contributed by atoms with van der Waals surface area (Å²) in [5.41, 5.74) is 5.77. The quantitative estimate of drug-likeness (QED) is 0.567. The summed E-state index contributed by atoms with van der Waals surface area (Å²) in [5, 5.41) is 13.7. The fourth-order valence-corrected chi connectivity index (χ4v) is 3.73. The van der Waals surface area contributed by atoms with Gasteiger partial charge in [-0.3, -0.25) is 4.79 Å². The third-order valence-electron chi connectivity index (χ3n) is 4.91. The fourth-order valence-electron chi connectivity index (χ4n) is 3.73. The number of fused-ring (bicyclic) bond motifs is 1. The number of anilines is 1. The van der Waals surface area contributed by atoms with Gasteiger partial charge < -0.3 is 5.32 Å². The molecule has 0 spiro atoms. The van der Waals surface area contributed by atoms with Gasteiger partial charge >= 0.3 is 0 Å². The van der Waals surface area contributed by atoms with E-state index in [1.54, 1.807) is 6.21 Å². The van der Waals surface area contributed by atoms with Crippen molar-refractivity contribution in [1.29, 1.82) is 0 Å². The Bertz CT molecular complexity index is 1090. The lowest BCUT2D eigenvalue weighted by Crippen LogP contribution is -2.13. The Kier molecular flexibility index (Phi) is 3.04. The number of nitrogens with zero attached hydrogens (tertiary/aromatic N) is 2. The average Bonchev–Trinajstić information content (AvgIpc) is 3.19. The second-order valence-corrected chi connectivity index (χ2v) is 6.35. The monoisotopic (exact) mass is 325 g/mol. The zero-order valence-electron chi connectivity index (χ0n) is 13.5. The lowest BCUT2D eigenvalue weighted by Gasteiger charge is -2.04. The zero-order valence-corrected chi connectivity index (χ0v) is 13.5. The maximum absolute atomic E-state index is 12.1. The highest BCUT2D eigenvalue weighted by molar-refractivity contribution is 6.53. The van der Waals surface area contributed by atoms with Crippen LogP contribution in [0.15, 0.2) is 64.8 Å². The van der Waals surface area contributed by atoms with Crippen LogP contribution in [0.2, 0.25) is 0 Å². The van der Waals surface area contributed by atoms with Crippen LogP contribution in [0.1, 0.15) is 22.3 Å². The van der Waals surface area contributed by atoms with Gasteiger partial charge in [-0.25, -0.2) is 0 Å². The SMILES string of the molecule is O=C1Nc2ccccc2/C1=N/N=C/c1ccc2c3c(cccc13)CC2. The summed E-state index contributed by atoms with van der Waals surface area (Å²) in [4.78, 5) is 12.1. The van der Waals surface area contributed by atoms with E-state index in [-0.39, 0.29) is 5.91 Å². The van der Waals surface area contributed by atoms with Gasteiger partial charge in [0.2, 0.25) is 0 Å². The molecule has 1 amide bonds. The lowest BCUT2D eigenvalue weighted by atomic mass is 10.0. The smallest absolute Gasteiger partial charge is 0.276 e. The molecule has 3 aromatic carbocycles. The maximum atomic E-state index is 12.1. The zero-order chi connectivity index (χ0) is 16.8. The maximum Gasteiger partial charge on any atom is 0.276 e. The Hall–Kier alpha value is -3.27. The van der Waals surface area contributed by atoms with E-state index in [1.165, 1.54) is 21.9 Å². The Morgan fingerprint density at radius 3 is 2.68 bits per heavy atom. The summed E-state index contributed by atoms with van der Waals surface area (Å²) in [5.74, 6) is -0.209. The van der Waals surface area contributed by atoms with Gasteiger partial charge in [0, 0.05) is 11.1 Å². The van der Waals surface area contributed by atoms with E-state index in [0.717, 1.165) is 29.7 Å². The van der Waals surface area contributed by atoms with Crippen molar-refractivity contribution in [3.05, 3.63) is 76.9 Å². The first-order chi connectivity index (χ1) is 12.3. The van der Waals surface area contributed by atoms with Crippen LogP contribution < -0.4 is 5.32 Å². The van der Waals surface area contributed by atoms with Crippen LogP contribution in [0.25, 0.3) is 10.8 Å². The van der Waals surface area contributed by atoms with Crippen molar-refractivity contribution in [2.45, 2.75) is 12.8 Å². The number of hydrogen-bond acceptors (Lipinski definition) is 3. The minimum Gasteiger partial charge on any atom is -0.320 e. The molecule has 1 aliphatic heterocycles. The Morgan fingerprint density at radius 1 is 0.920 bits per heavy atom. The predicted octanol–water partition coefficient (Wildman–Crippen LogP) is 3.71. The van der Waals surface area contributed by atoms with Crippen molar-refractivity contribution in [3.63, 3.8) is 0 Å². The van der Waals surface area contributed by atoms with E-state index in [2.05, 4.69) is 45.9 Å². The van der Waals surface area contributed by atoms with Crippen LogP contribution in [0, 0.1) is 0 Å². The molecule has 1 heterocycles. The second-order valence-electron chi connectivity index (χ2n) is 6.35. The highest BCUT2D eigenvalue weighted by atomic mass is 16.2. The van der Waals surface area contributed by atoms with E-state index in [0.29, 0.717) is 5.71 Å². The van der Waals surface area contributed by atoms with Crippen LogP contribution in [-0.2, 0) is 17.6 Å². The number of carbonyl (C=O) groups is 1. The normalized spacial score (nSPS) is 16.8. The first-order valence-corrected chi connectivity index (χ1v) is 8.36. The van der Waals surface area contributed by atoms with E-state index in [1.807, 2.05) is 24.3 Å². The van der Waals surface area contributed by atoms with Gasteiger partial charge in [0.1, 0.15) is 0 Å². The average molecular weight is 325 g/mol. The number of amides is 1. The van der Waals surface area contributed by atoms with Crippen molar-refractivity contribution in [3.8, 4) is 0 Å². The molecule has 25 heavy (non-hydrogen) atoms. The van der Waals surface area contributed by atoms with Crippen molar-refractivity contribution < 1.29 is 4.79 Å². The number of para-hydroxylation sites is 1. The molecule has 0 bridgehead atoms. The van der Waals surface area contributed by atoms with Crippen molar-refractivity contribution >= 4 is 34.3 Å². The molecule has 0 unspecified atom stereocenters. The van der Waals surface area contributed by atoms with Crippen LogP contribution in [0.4, 0.5) is 5.69 Å². The molecule has 1 aliphatic carbocycles. The second kappa shape index (κ2) is 5.38. The highest BCUT2D eigenvalue weighted by Crippen LogP contribution is 2.32. The molecular weight excluding hydrogens is 310 g/mol. The number of nitrogens with one attached hydrogen (secondary N) is 1. The Balaban J connectivity index is 1.55. The summed E-state index contributed by atoms with van der Waals surface area (Å²) >= 11 is 0. The summed E-state index contributed by atoms with van der Waals surface area (Å²) in [6.45, 7) is 0. The largest absolute Gasteiger partial charge is 0.320 e. The highest BCUT2D eigenvalue weighted by Gasteiger charge is 2.25. The molecular formula is C21H15N3O. The van der Waals surface area contributed by atoms with Gasteiger partial charge in [-0.1, -0.05) is 48.5 Å². The molecule has 4 nitrogen and oxygen atoms in total. The summed E-state index contributed by atoms with van der Waals surface area (Å²) in [6.07, 6.45) is 3.95. The number of benzene rings is 3. The number of aryl methyl sites for hydroxylation is 2. The van der Waals surface area contributed by atoms with Gasteiger partial charge in [-0.05, 0) is 40.8 Å². The first kappa shape index (κ1) is 14.1. The van der Waals surface area contributed by atoms with Crippen molar-refractivity contribution in [2.24, 2.45) is 10.2 Å². The van der Waals surface area contributed by atoms with E-state index >= 15 is 0 Å². The Morgan fingerprint density at radius 2 is 1.76 bits per heavy atom.